The van der Waals surface area contributed by atoms with Crippen molar-refractivity contribution in [3.8, 4) is 0 Å². The number of piperidine rings is 1. The van der Waals surface area contributed by atoms with Gasteiger partial charge in [0.15, 0.2) is 0 Å². The van der Waals surface area contributed by atoms with Crippen LogP contribution >= 0.6 is 15.9 Å². The highest BCUT2D eigenvalue weighted by molar-refractivity contribution is 9.10. The minimum atomic E-state index is -3.43. The van der Waals surface area contributed by atoms with Gasteiger partial charge in [-0.1, -0.05) is 22.9 Å². The van der Waals surface area contributed by atoms with E-state index in [1.165, 1.54) is 4.31 Å². The van der Waals surface area contributed by atoms with Gasteiger partial charge in [0.1, 0.15) is 0 Å². The van der Waals surface area contributed by atoms with Gasteiger partial charge in [-0.05, 0) is 36.6 Å². The summed E-state index contributed by atoms with van der Waals surface area (Å²) in [4.78, 5) is 0.300. The summed E-state index contributed by atoms with van der Waals surface area (Å²) < 4.78 is 27.1. The number of aliphatic hydroxyl groups is 1. The van der Waals surface area contributed by atoms with Crippen molar-refractivity contribution in [2.24, 2.45) is 5.92 Å². The van der Waals surface area contributed by atoms with E-state index in [1.54, 1.807) is 24.3 Å². The van der Waals surface area contributed by atoms with Gasteiger partial charge in [-0.2, -0.15) is 4.31 Å². The number of sulfonamides is 1. The van der Waals surface area contributed by atoms with Crippen molar-refractivity contribution in [1.82, 2.24) is 4.31 Å². The van der Waals surface area contributed by atoms with Crippen LogP contribution in [0.25, 0.3) is 0 Å². The van der Waals surface area contributed by atoms with Crippen molar-refractivity contribution in [1.29, 1.82) is 0 Å². The van der Waals surface area contributed by atoms with Crippen LogP contribution in [0.4, 0.5) is 0 Å². The van der Waals surface area contributed by atoms with E-state index in [2.05, 4.69) is 15.9 Å². The van der Waals surface area contributed by atoms with Crippen molar-refractivity contribution in [2.45, 2.75) is 24.3 Å². The van der Waals surface area contributed by atoms with Gasteiger partial charge >= 0.3 is 0 Å². The van der Waals surface area contributed by atoms with Crippen LogP contribution in [0.1, 0.15) is 13.3 Å². The summed E-state index contributed by atoms with van der Waals surface area (Å²) in [5, 5.41) is 9.64. The average Bonchev–Trinajstić information content (AvgIpc) is 2.33. The van der Waals surface area contributed by atoms with Crippen molar-refractivity contribution in [2.75, 3.05) is 13.1 Å². The summed E-state index contributed by atoms with van der Waals surface area (Å²) >= 11 is 3.28. The summed E-state index contributed by atoms with van der Waals surface area (Å²) in [7, 11) is -3.43. The van der Waals surface area contributed by atoms with E-state index >= 15 is 0 Å². The number of hydrogen-bond donors (Lipinski definition) is 1. The summed E-state index contributed by atoms with van der Waals surface area (Å²) in [6.45, 7) is 2.62. The molecule has 1 aromatic carbocycles. The third-order valence-corrected chi connectivity index (χ3v) is 5.68. The standard InChI is InChI=1S/C12H16BrNO3S/c1-9-8-14(7-6-12(9)15)18(16,17)11-4-2-10(13)3-5-11/h2-5,9,12,15H,6-8H2,1H3. The minimum absolute atomic E-state index is 0.0241. The maximum Gasteiger partial charge on any atom is 0.243 e. The van der Waals surface area contributed by atoms with Gasteiger partial charge in [-0.25, -0.2) is 8.42 Å². The molecule has 2 atom stereocenters. The lowest BCUT2D eigenvalue weighted by atomic mass is 9.99. The van der Waals surface area contributed by atoms with Gasteiger partial charge in [0.25, 0.3) is 0 Å². The van der Waals surface area contributed by atoms with Crippen LogP contribution in [0, 0.1) is 5.92 Å². The largest absolute Gasteiger partial charge is 0.393 e. The van der Waals surface area contributed by atoms with E-state index in [0.29, 0.717) is 24.4 Å². The predicted octanol–water partition coefficient (Wildman–Crippen LogP) is 1.84. The molecule has 1 aliphatic heterocycles. The SMILES string of the molecule is CC1CN(S(=O)(=O)c2ccc(Br)cc2)CCC1O. The van der Waals surface area contributed by atoms with Crippen LogP contribution < -0.4 is 0 Å². The van der Waals surface area contributed by atoms with Crippen molar-refractivity contribution in [3.05, 3.63) is 28.7 Å². The van der Waals surface area contributed by atoms with Crippen LogP contribution in [-0.2, 0) is 10.0 Å². The van der Waals surface area contributed by atoms with Crippen LogP contribution in [0.15, 0.2) is 33.6 Å². The number of hydrogen-bond acceptors (Lipinski definition) is 3. The summed E-state index contributed by atoms with van der Waals surface area (Å²) in [5.41, 5.74) is 0. The molecule has 2 rings (SSSR count). The Labute approximate surface area is 116 Å². The van der Waals surface area contributed by atoms with Gasteiger partial charge in [-0.15, -0.1) is 0 Å². The van der Waals surface area contributed by atoms with E-state index < -0.39 is 16.1 Å². The van der Waals surface area contributed by atoms with E-state index in [1.807, 2.05) is 6.92 Å². The molecule has 0 aromatic heterocycles. The molecule has 0 radical (unpaired) electrons. The van der Waals surface area contributed by atoms with E-state index in [9.17, 15) is 13.5 Å². The zero-order valence-electron chi connectivity index (χ0n) is 10.1. The van der Waals surface area contributed by atoms with Crippen LogP contribution in [0.3, 0.4) is 0 Å². The Morgan fingerprint density at radius 3 is 2.50 bits per heavy atom. The molecular weight excluding hydrogens is 318 g/mol. The molecule has 1 heterocycles. The Hall–Kier alpha value is -0.430. The molecule has 1 fully saturated rings. The lowest BCUT2D eigenvalue weighted by Gasteiger charge is -2.33. The molecule has 4 nitrogen and oxygen atoms in total. The molecule has 18 heavy (non-hydrogen) atoms. The Balaban J connectivity index is 2.24. The van der Waals surface area contributed by atoms with Gasteiger partial charge in [-0.3, -0.25) is 0 Å². The second kappa shape index (κ2) is 5.28. The molecule has 100 valence electrons. The highest BCUT2D eigenvalue weighted by atomic mass is 79.9. The normalized spacial score (nSPS) is 26.2. The van der Waals surface area contributed by atoms with Crippen LogP contribution in [-0.4, -0.2) is 37.0 Å². The average molecular weight is 334 g/mol. The van der Waals surface area contributed by atoms with E-state index in [4.69, 9.17) is 0 Å². The number of rotatable bonds is 2. The third kappa shape index (κ3) is 2.77. The Morgan fingerprint density at radius 1 is 1.33 bits per heavy atom. The lowest BCUT2D eigenvalue weighted by molar-refractivity contribution is 0.0628. The quantitative estimate of drug-likeness (QED) is 0.898. The molecule has 6 heteroatoms. The molecule has 1 aliphatic rings. The number of halogens is 1. The summed E-state index contributed by atoms with van der Waals surface area (Å²) in [5.74, 6) is -0.0241. The first kappa shape index (κ1) is 14.0. The third-order valence-electron chi connectivity index (χ3n) is 3.27. The molecule has 0 aliphatic carbocycles. The van der Waals surface area contributed by atoms with Gasteiger partial charge in [0.05, 0.1) is 11.0 Å². The fourth-order valence-electron chi connectivity index (χ4n) is 2.07. The van der Waals surface area contributed by atoms with Gasteiger partial charge < -0.3 is 5.11 Å². The number of benzene rings is 1. The first-order valence-electron chi connectivity index (χ1n) is 5.85. The molecule has 1 aromatic rings. The van der Waals surface area contributed by atoms with Crippen molar-refractivity contribution in [3.63, 3.8) is 0 Å². The topological polar surface area (TPSA) is 57.6 Å². The zero-order chi connectivity index (χ0) is 13.3. The molecule has 1 N–H and O–H groups in total. The highest BCUT2D eigenvalue weighted by Crippen LogP contribution is 2.24. The number of nitrogens with zero attached hydrogens (tertiary/aromatic N) is 1. The first-order valence-corrected chi connectivity index (χ1v) is 8.08. The van der Waals surface area contributed by atoms with Crippen molar-refractivity contribution < 1.29 is 13.5 Å². The molecule has 0 amide bonds. The minimum Gasteiger partial charge on any atom is -0.393 e. The number of aliphatic hydroxyl groups excluding tert-OH is 1. The second-order valence-corrected chi connectivity index (χ2v) is 7.50. The first-order chi connectivity index (χ1) is 8.41. The fraction of sp³-hybridized carbons (Fsp3) is 0.500. The smallest absolute Gasteiger partial charge is 0.243 e. The molecule has 0 bridgehead atoms. The maximum absolute atomic E-state index is 12.4. The van der Waals surface area contributed by atoms with Gasteiger partial charge in [0, 0.05) is 17.6 Å². The highest BCUT2D eigenvalue weighted by Gasteiger charge is 2.32. The molecule has 0 spiro atoms. The van der Waals surface area contributed by atoms with E-state index in [-0.39, 0.29) is 5.92 Å². The molecule has 0 saturated carbocycles. The molecular formula is C12H16BrNO3S. The monoisotopic (exact) mass is 333 g/mol. The Bertz CT molecular complexity index is 515. The zero-order valence-corrected chi connectivity index (χ0v) is 12.5. The Morgan fingerprint density at radius 2 is 1.94 bits per heavy atom. The molecule has 1 saturated heterocycles. The fourth-order valence-corrected chi connectivity index (χ4v) is 3.89. The summed E-state index contributed by atoms with van der Waals surface area (Å²) in [6, 6.07) is 6.62. The molecule has 2 unspecified atom stereocenters. The second-order valence-electron chi connectivity index (χ2n) is 4.65. The van der Waals surface area contributed by atoms with Crippen molar-refractivity contribution >= 4 is 26.0 Å². The lowest BCUT2D eigenvalue weighted by Crippen LogP contribution is -2.44. The van der Waals surface area contributed by atoms with Gasteiger partial charge in [0.2, 0.25) is 10.0 Å². The van der Waals surface area contributed by atoms with Crippen LogP contribution in [0.2, 0.25) is 0 Å². The maximum atomic E-state index is 12.4. The van der Waals surface area contributed by atoms with E-state index in [0.717, 1.165) is 4.47 Å². The predicted molar refractivity (Wildman–Crippen MR) is 72.7 cm³/mol. The van der Waals surface area contributed by atoms with Crippen LogP contribution in [0.5, 0.6) is 0 Å². The Kier molecular flexibility index (Phi) is 4.11. The summed E-state index contributed by atoms with van der Waals surface area (Å²) in [6.07, 6.45) is 0.0954.